The molecule has 0 fully saturated rings. The fourth-order valence-electron chi connectivity index (χ4n) is 2.25. The number of amides is 1. The number of benzene rings is 2. The Morgan fingerprint density at radius 3 is 2.12 bits per heavy atom. The van der Waals surface area contributed by atoms with Crippen molar-refractivity contribution in [1.82, 2.24) is 4.57 Å². The first-order valence-electron chi connectivity index (χ1n) is 7.45. The minimum atomic E-state index is -0.429. The van der Waals surface area contributed by atoms with Crippen LogP contribution in [-0.2, 0) is 4.79 Å². The molecule has 0 aliphatic carbocycles. The minimum Gasteiger partial charge on any atom is -0.423 e. The molecule has 0 unspecified atom stereocenters. The first-order valence-corrected chi connectivity index (χ1v) is 7.45. The molecule has 0 bridgehead atoms. The molecule has 120 valence electrons. The van der Waals surface area contributed by atoms with Gasteiger partial charge in [0.25, 0.3) is 0 Å². The fourth-order valence-corrected chi connectivity index (χ4v) is 2.25. The first kappa shape index (κ1) is 15.6. The van der Waals surface area contributed by atoms with Crippen LogP contribution in [0, 0.1) is 0 Å². The summed E-state index contributed by atoms with van der Waals surface area (Å²) in [5.41, 5.74) is 2.09. The molecule has 0 aliphatic heterocycles. The Morgan fingerprint density at radius 1 is 0.917 bits per heavy atom. The summed E-state index contributed by atoms with van der Waals surface area (Å²) in [6, 6.07) is 17.7. The lowest BCUT2D eigenvalue weighted by Crippen LogP contribution is -2.09. The quantitative estimate of drug-likeness (QED) is 0.589. The van der Waals surface area contributed by atoms with E-state index in [9.17, 15) is 9.59 Å². The van der Waals surface area contributed by atoms with Gasteiger partial charge in [0, 0.05) is 30.7 Å². The van der Waals surface area contributed by atoms with Gasteiger partial charge < -0.3 is 14.6 Å². The summed E-state index contributed by atoms with van der Waals surface area (Å²) < 4.78 is 7.29. The molecule has 3 aromatic rings. The summed E-state index contributed by atoms with van der Waals surface area (Å²) >= 11 is 0. The van der Waals surface area contributed by atoms with Gasteiger partial charge >= 0.3 is 5.97 Å². The molecule has 1 amide bonds. The summed E-state index contributed by atoms with van der Waals surface area (Å²) in [5, 5.41) is 2.65. The highest BCUT2D eigenvalue weighted by atomic mass is 16.5. The van der Waals surface area contributed by atoms with Gasteiger partial charge in [0.15, 0.2) is 0 Å². The Bertz CT molecular complexity index is 835. The number of hydrogen-bond donors (Lipinski definition) is 1. The molecule has 0 radical (unpaired) electrons. The predicted octanol–water partition coefficient (Wildman–Crippen LogP) is 3.65. The van der Waals surface area contributed by atoms with Gasteiger partial charge in [-0.15, -0.1) is 0 Å². The average molecular weight is 320 g/mol. The monoisotopic (exact) mass is 320 g/mol. The van der Waals surface area contributed by atoms with Gasteiger partial charge in [-0.3, -0.25) is 4.79 Å². The number of carbonyl (C=O) groups excluding carboxylic acids is 2. The fraction of sp³-hybridized carbons (Fsp3) is 0.0526. The molecule has 5 heteroatoms. The highest BCUT2D eigenvalue weighted by Gasteiger charge is 2.09. The van der Waals surface area contributed by atoms with E-state index in [1.807, 2.05) is 41.2 Å². The van der Waals surface area contributed by atoms with Crippen LogP contribution in [0.25, 0.3) is 5.69 Å². The van der Waals surface area contributed by atoms with Gasteiger partial charge in [0.05, 0.1) is 5.56 Å². The molecule has 0 atom stereocenters. The SMILES string of the molecule is CC(=O)Nc1ccc(OC(=O)c2ccc(-n3cccc3)cc2)cc1. The number of esters is 1. The van der Waals surface area contributed by atoms with Crippen molar-refractivity contribution in [3.8, 4) is 11.4 Å². The number of nitrogens with one attached hydrogen (secondary N) is 1. The van der Waals surface area contributed by atoms with Crippen LogP contribution in [0.5, 0.6) is 5.75 Å². The van der Waals surface area contributed by atoms with Crippen molar-refractivity contribution in [2.45, 2.75) is 6.92 Å². The number of aromatic nitrogens is 1. The second kappa shape index (κ2) is 6.83. The molecule has 0 aliphatic rings. The summed E-state index contributed by atoms with van der Waals surface area (Å²) in [4.78, 5) is 23.2. The van der Waals surface area contributed by atoms with E-state index in [2.05, 4.69) is 5.32 Å². The molecule has 5 nitrogen and oxygen atoms in total. The highest BCUT2D eigenvalue weighted by Crippen LogP contribution is 2.18. The number of rotatable bonds is 4. The van der Waals surface area contributed by atoms with Gasteiger partial charge in [-0.25, -0.2) is 4.79 Å². The van der Waals surface area contributed by atoms with Crippen LogP contribution in [0.2, 0.25) is 0 Å². The third kappa shape index (κ3) is 3.70. The van der Waals surface area contributed by atoms with E-state index < -0.39 is 5.97 Å². The molecule has 0 saturated heterocycles. The number of hydrogen-bond acceptors (Lipinski definition) is 3. The molecule has 1 heterocycles. The molecule has 1 aromatic heterocycles. The average Bonchev–Trinajstić information content (AvgIpc) is 3.11. The normalized spacial score (nSPS) is 10.2. The van der Waals surface area contributed by atoms with E-state index >= 15 is 0 Å². The van der Waals surface area contributed by atoms with Crippen LogP contribution < -0.4 is 10.1 Å². The highest BCUT2D eigenvalue weighted by molar-refractivity contribution is 5.91. The van der Waals surface area contributed by atoms with Gasteiger partial charge in [-0.05, 0) is 60.7 Å². The van der Waals surface area contributed by atoms with Crippen LogP contribution in [0.1, 0.15) is 17.3 Å². The second-order valence-electron chi connectivity index (χ2n) is 5.23. The third-order valence-electron chi connectivity index (χ3n) is 3.39. The lowest BCUT2D eigenvalue weighted by atomic mass is 10.2. The topological polar surface area (TPSA) is 60.3 Å². The Kier molecular flexibility index (Phi) is 4.43. The lowest BCUT2D eigenvalue weighted by molar-refractivity contribution is -0.114. The Labute approximate surface area is 139 Å². The van der Waals surface area contributed by atoms with Crippen molar-refractivity contribution >= 4 is 17.6 Å². The zero-order valence-electron chi connectivity index (χ0n) is 13.1. The van der Waals surface area contributed by atoms with E-state index in [4.69, 9.17) is 4.74 Å². The standard InChI is InChI=1S/C19H16N2O3/c1-14(22)20-16-6-10-18(11-7-16)24-19(23)15-4-8-17(9-5-15)21-12-2-3-13-21/h2-13H,1H3,(H,20,22). The van der Waals surface area contributed by atoms with Gasteiger partial charge in [0.2, 0.25) is 5.91 Å². The number of carbonyl (C=O) groups is 2. The maximum absolute atomic E-state index is 12.2. The summed E-state index contributed by atoms with van der Waals surface area (Å²) in [6.07, 6.45) is 3.87. The summed E-state index contributed by atoms with van der Waals surface area (Å²) in [5.74, 6) is -0.160. The minimum absolute atomic E-state index is 0.150. The molecule has 1 N–H and O–H groups in total. The van der Waals surface area contributed by atoms with Crippen molar-refractivity contribution < 1.29 is 14.3 Å². The molecule has 24 heavy (non-hydrogen) atoms. The van der Waals surface area contributed by atoms with E-state index in [-0.39, 0.29) is 5.91 Å². The number of nitrogens with zero attached hydrogens (tertiary/aromatic N) is 1. The van der Waals surface area contributed by atoms with Crippen molar-refractivity contribution in [1.29, 1.82) is 0 Å². The van der Waals surface area contributed by atoms with E-state index in [1.165, 1.54) is 6.92 Å². The van der Waals surface area contributed by atoms with Crippen LogP contribution in [0.15, 0.2) is 73.1 Å². The van der Waals surface area contributed by atoms with Crippen molar-refractivity contribution in [3.05, 3.63) is 78.6 Å². The molecule has 0 saturated carbocycles. The molecular formula is C19H16N2O3. The van der Waals surface area contributed by atoms with Gasteiger partial charge in [-0.2, -0.15) is 0 Å². The van der Waals surface area contributed by atoms with Crippen LogP contribution in [-0.4, -0.2) is 16.4 Å². The molecule has 0 spiro atoms. The molecular weight excluding hydrogens is 304 g/mol. The second-order valence-corrected chi connectivity index (χ2v) is 5.23. The lowest BCUT2D eigenvalue weighted by Gasteiger charge is -2.07. The van der Waals surface area contributed by atoms with Crippen molar-refractivity contribution in [3.63, 3.8) is 0 Å². The van der Waals surface area contributed by atoms with E-state index in [0.717, 1.165) is 5.69 Å². The predicted molar refractivity (Wildman–Crippen MR) is 91.5 cm³/mol. The summed E-state index contributed by atoms with van der Waals surface area (Å²) in [6.45, 7) is 1.44. The summed E-state index contributed by atoms with van der Waals surface area (Å²) in [7, 11) is 0. The largest absolute Gasteiger partial charge is 0.423 e. The van der Waals surface area contributed by atoms with Crippen LogP contribution in [0.3, 0.4) is 0 Å². The number of ether oxygens (including phenoxy) is 1. The molecule has 2 aromatic carbocycles. The zero-order chi connectivity index (χ0) is 16.9. The van der Waals surface area contributed by atoms with E-state index in [1.54, 1.807) is 36.4 Å². The number of anilines is 1. The first-order chi connectivity index (χ1) is 11.6. The maximum Gasteiger partial charge on any atom is 0.343 e. The Balaban J connectivity index is 1.67. The van der Waals surface area contributed by atoms with E-state index in [0.29, 0.717) is 17.0 Å². The maximum atomic E-state index is 12.2. The third-order valence-corrected chi connectivity index (χ3v) is 3.39. The smallest absolute Gasteiger partial charge is 0.343 e. The van der Waals surface area contributed by atoms with Crippen molar-refractivity contribution in [2.24, 2.45) is 0 Å². The van der Waals surface area contributed by atoms with Gasteiger partial charge in [0.1, 0.15) is 5.75 Å². The van der Waals surface area contributed by atoms with Gasteiger partial charge in [-0.1, -0.05) is 0 Å². The van der Waals surface area contributed by atoms with Crippen LogP contribution in [0.4, 0.5) is 5.69 Å². The zero-order valence-corrected chi connectivity index (χ0v) is 13.1. The Hall–Kier alpha value is -3.34. The Morgan fingerprint density at radius 2 is 1.54 bits per heavy atom. The molecule has 3 rings (SSSR count). The van der Waals surface area contributed by atoms with Crippen molar-refractivity contribution in [2.75, 3.05) is 5.32 Å². The van der Waals surface area contributed by atoms with Crippen LogP contribution >= 0.6 is 0 Å².